The van der Waals surface area contributed by atoms with Gasteiger partial charge in [0.2, 0.25) is 0 Å². The zero-order valence-corrected chi connectivity index (χ0v) is 8.63. The maximum absolute atomic E-state index is 8.42. The number of hydrogen-bond acceptors (Lipinski definition) is 2. The van der Waals surface area contributed by atoms with Gasteiger partial charge in [-0.2, -0.15) is 5.26 Å². The molecule has 2 heteroatoms. The second-order valence-corrected chi connectivity index (χ2v) is 4.03. The molecule has 2 nitrogen and oxygen atoms in total. The topological polar surface area (TPSA) is 27.0 Å². The molecule has 0 aromatic rings. The van der Waals surface area contributed by atoms with Crippen molar-refractivity contribution in [1.82, 2.24) is 4.90 Å². The van der Waals surface area contributed by atoms with Gasteiger partial charge in [-0.3, -0.25) is 0 Å². The average Bonchev–Trinajstić information content (AvgIpc) is 2.19. The van der Waals surface area contributed by atoms with Gasteiger partial charge < -0.3 is 4.90 Å². The van der Waals surface area contributed by atoms with E-state index in [1.165, 1.54) is 32.1 Å². The van der Waals surface area contributed by atoms with Crippen LogP contribution in [0.4, 0.5) is 0 Å². The van der Waals surface area contributed by atoms with Gasteiger partial charge in [0.15, 0.2) is 0 Å². The zero-order valence-electron chi connectivity index (χ0n) is 8.63. The van der Waals surface area contributed by atoms with Gasteiger partial charge in [-0.15, -0.1) is 0 Å². The molecule has 1 aliphatic carbocycles. The second-order valence-electron chi connectivity index (χ2n) is 4.03. The van der Waals surface area contributed by atoms with Crippen LogP contribution in [0.3, 0.4) is 0 Å². The molecule has 0 N–H and O–H groups in total. The van der Waals surface area contributed by atoms with Gasteiger partial charge in [-0.1, -0.05) is 19.3 Å². The SMILES string of the molecule is CN(CCCC#N)C1CCCCC1. The Kier molecular flexibility index (Phi) is 4.85. The van der Waals surface area contributed by atoms with Crippen LogP contribution in [-0.4, -0.2) is 24.5 Å². The third-order valence-corrected chi connectivity index (χ3v) is 3.00. The molecule has 0 bridgehead atoms. The van der Waals surface area contributed by atoms with Gasteiger partial charge in [-0.05, 0) is 32.9 Å². The van der Waals surface area contributed by atoms with Gasteiger partial charge in [0.1, 0.15) is 0 Å². The fourth-order valence-electron chi connectivity index (χ4n) is 2.11. The van der Waals surface area contributed by atoms with Crippen LogP contribution in [0.15, 0.2) is 0 Å². The highest BCUT2D eigenvalue weighted by Crippen LogP contribution is 2.21. The minimum Gasteiger partial charge on any atom is -0.303 e. The Balaban J connectivity index is 2.14. The maximum atomic E-state index is 8.42. The summed E-state index contributed by atoms with van der Waals surface area (Å²) in [6, 6.07) is 3.00. The van der Waals surface area contributed by atoms with Crippen molar-refractivity contribution in [3.05, 3.63) is 0 Å². The Morgan fingerprint density at radius 1 is 1.31 bits per heavy atom. The van der Waals surface area contributed by atoms with Crippen molar-refractivity contribution in [1.29, 1.82) is 5.26 Å². The predicted molar refractivity (Wildman–Crippen MR) is 54.4 cm³/mol. The first-order chi connectivity index (χ1) is 6.34. The fourth-order valence-corrected chi connectivity index (χ4v) is 2.11. The number of rotatable bonds is 4. The maximum Gasteiger partial charge on any atom is 0.0622 e. The third kappa shape index (κ3) is 3.78. The Morgan fingerprint density at radius 3 is 2.62 bits per heavy atom. The van der Waals surface area contributed by atoms with E-state index in [2.05, 4.69) is 18.0 Å². The van der Waals surface area contributed by atoms with E-state index in [0.717, 1.165) is 19.0 Å². The van der Waals surface area contributed by atoms with Crippen molar-refractivity contribution < 1.29 is 0 Å². The third-order valence-electron chi connectivity index (χ3n) is 3.00. The van der Waals surface area contributed by atoms with E-state index >= 15 is 0 Å². The second kappa shape index (κ2) is 5.99. The summed E-state index contributed by atoms with van der Waals surface area (Å²) in [4.78, 5) is 2.44. The standard InChI is InChI=1S/C11H20N2/c1-13(10-6-5-9-12)11-7-3-2-4-8-11/h11H,2-8,10H2,1H3. The van der Waals surface area contributed by atoms with Gasteiger partial charge in [0.05, 0.1) is 6.07 Å². The van der Waals surface area contributed by atoms with Crippen LogP contribution >= 0.6 is 0 Å². The molecule has 0 aromatic heterocycles. The summed E-state index contributed by atoms with van der Waals surface area (Å²) >= 11 is 0. The molecule has 1 fully saturated rings. The Morgan fingerprint density at radius 2 is 2.00 bits per heavy atom. The van der Waals surface area contributed by atoms with Crippen molar-refractivity contribution in [3.8, 4) is 6.07 Å². The monoisotopic (exact) mass is 180 g/mol. The van der Waals surface area contributed by atoms with E-state index in [-0.39, 0.29) is 0 Å². The smallest absolute Gasteiger partial charge is 0.0622 e. The molecule has 0 amide bonds. The minimum absolute atomic E-state index is 0.705. The Labute approximate surface area is 81.5 Å². The summed E-state index contributed by atoms with van der Waals surface area (Å²) in [7, 11) is 2.20. The van der Waals surface area contributed by atoms with E-state index in [0.29, 0.717) is 6.42 Å². The van der Waals surface area contributed by atoms with Gasteiger partial charge in [0, 0.05) is 12.5 Å². The molecule has 0 atom stereocenters. The highest BCUT2D eigenvalue weighted by atomic mass is 15.1. The van der Waals surface area contributed by atoms with E-state index in [1.807, 2.05) is 0 Å². The summed E-state index contributed by atoms with van der Waals surface area (Å²) in [5.41, 5.74) is 0. The van der Waals surface area contributed by atoms with Gasteiger partial charge in [-0.25, -0.2) is 0 Å². The molecule has 0 aliphatic heterocycles. The zero-order chi connectivity index (χ0) is 9.52. The Bertz CT molecular complexity index is 165. The van der Waals surface area contributed by atoms with Crippen LogP contribution in [0.2, 0.25) is 0 Å². The van der Waals surface area contributed by atoms with Crippen molar-refractivity contribution in [2.24, 2.45) is 0 Å². The molecule has 0 aromatic carbocycles. The summed E-state index contributed by atoms with van der Waals surface area (Å²) < 4.78 is 0. The van der Waals surface area contributed by atoms with Gasteiger partial charge >= 0.3 is 0 Å². The minimum atomic E-state index is 0.705. The molecule has 0 unspecified atom stereocenters. The lowest BCUT2D eigenvalue weighted by molar-refractivity contribution is 0.190. The van der Waals surface area contributed by atoms with Crippen LogP contribution in [-0.2, 0) is 0 Å². The lowest BCUT2D eigenvalue weighted by atomic mass is 9.94. The van der Waals surface area contributed by atoms with E-state index in [1.54, 1.807) is 0 Å². The summed E-state index contributed by atoms with van der Waals surface area (Å²) in [6.07, 6.45) is 8.68. The number of unbranched alkanes of at least 4 members (excludes halogenated alkanes) is 1. The molecule has 74 valence electrons. The number of hydrogen-bond donors (Lipinski definition) is 0. The van der Waals surface area contributed by atoms with Crippen molar-refractivity contribution >= 4 is 0 Å². The molecular weight excluding hydrogens is 160 g/mol. The molecular formula is C11H20N2. The van der Waals surface area contributed by atoms with Crippen molar-refractivity contribution in [2.75, 3.05) is 13.6 Å². The van der Waals surface area contributed by atoms with Crippen molar-refractivity contribution in [2.45, 2.75) is 51.0 Å². The highest BCUT2D eigenvalue weighted by molar-refractivity contribution is 4.75. The normalized spacial score (nSPS) is 18.8. The molecule has 0 heterocycles. The van der Waals surface area contributed by atoms with E-state index in [9.17, 15) is 0 Å². The first kappa shape index (κ1) is 10.5. The van der Waals surface area contributed by atoms with E-state index in [4.69, 9.17) is 5.26 Å². The number of nitriles is 1. The summed E-state index contributed by atoms with van der Waals surface area (Å²) in [5.74, 6) is 0. The largest absolute Gasteiger partial charge is 0.303 e. The Hall–Kier alpha value is -0.550. The number of nitrogens with zero attached hydrogens (tertiary/aromatic N) is 2. The first-order valence-electron chi connectivity index (χ1n) is 5.42. The average molecular weight is 180 g/mol. The van der Waals surface area contributed by atoms with E-state index < -0.39 is 0 Å². The quantitative estimate of drug-likeness (QED) is 0.622. The summed E-state index contributed by atoms with van der Waals surface area (Å²) in [5, 5.41) is 8.42. The van der Waals surface area contributed by atoms with Crippen LogP contribution in [0.1, 0.15) is 44.9 Å². The molecule has 0 spiro atoms. The van der Waals surface area contributed by atoms with Crippen LogP contribution in [0.25, 0.3) is 0 Å². The molecule has 0 saturated heterocycles. The van der Waals surface area contributed by atoms with Crippen molar-refractivity contribution in [3.63, 3.8) is 0 Å². The molecule has 0 radical (unpaired) electrons. The molecule has 1 rings (SSSR count). The highest BCUT2D eigenvalue weighted by Gasteiger charge is 2.16. The van der Waals surface area contributed by atoms with Crippen LogP contribution in [0, 0.1) is 11.3 Å². The lowest BCUT2D eigenvalue weighted by Gasteiger charge is -2.30. The molecule has 1 aliphatic rings. The van der Waals surface area contributed by atoms with Crippen LogP contribution < -0.4 is 0 Å². The summed E-state index contributed by atoms with van der Waals surface area (Å²) in [6.45, 7) is 1.10. The lowest BCUT2D eigenvalue weighted by Crippen LogP contribution is -2.34. The predicted octanol–water partition coefficient (Wildman–Crippen LogP) is 2.55. The van der Waals surface area contributed by atoms with Gasteiger partial charge in [0.25, 0.3) is 0 Å². The fraction of sp³-hybridized carbons (Fsp3) is 0.909. The first-order valence-corrected chi connectivity index (χ1v) is 5.42. The molecule has 1 saturated carbocycles. The molecule has 13 heavy (non-hydrogen) atoms. The van der Waals surface area contributed by atoms with Crippen LogP contribution in [0.5, 0.6) is 0 Å².